The summed E-state index contributed by atoms with van der Waals surface area (Å²) in [5.74, 6) is 0. The van der Waals surface area contributed by atoms with E-state index in [0.717, 1.165) is 16.8 Å². The standard InChI is InChI=1S/C16H22ClN5O2S/c1-13-15(12-20-7-9-21(10-8-20)25(18,23)24)16(17)22(19-13)11-14-5-3-2-4-6-14/h2-6H,7-12H2,1H3,(H2,18,23,24). The van der Waals surface area contributed by atoms with Gasteiger partial charge in [0.25, 0.3) is 10.2 Å². The minimum Gasteiger partial charge on any atom is -0.296 e. The van der Waals surface area contributed by atoms with E-state index >= 15 is 0 Å². The van der Waals surface area contributed by atoms with Gasteiger partial charge in [-0.15, -0.1) is 0 Å². The van der Waals surface area contributed by atoms with Gasteiger partial charge in [-0.05, 0) is 12.5 Å². The first-order chi connectivity index (χ1) is 11.8. The first kappa shape index (κ1) is 18.3. The molecule has 0 aliphatic carbocycles. The van der Waals surface area contributed by atoms with Crippen LogP contribution in [0.15, 0.2) is 30.3 Å². The molecule has 0 atom stereocenters. The molecular formula is C16H22ClN5O2S. The van der Waals surface area contributed by atoms with Gasteiger partial charge in [-0.3, -0.25) is 4.90 Å². The fourth-order valence-corrected chi connectivity index (χ4v) is 3.96. The number of nitrogens with zero attached hydrogens (tertiary/aromatic N) is 4. The highest BCUT2D eigenvalue weighted by Gasteiger charge is 2.25. The van der Waals surface area contributed by atoms with Gasteiger partial charge in [-0.2, -0.15) is 17.8 Å². The van der Waals surface area contributed by atoms with Crippen molar-refractivity contribution in [1.29, 1.82) is 0 Å². The molecule has 1 aromatic carbocycles. The van der Waals surface area contributed by atoms with Crippen molar-refractivity contribution in [3.63, 3.8) is 0 Å². The van der Waals surface area contributed by atoms with E-state index in [1.54, 1.807) is 0 Å². The highest BCUT2D eigenvalue weighted by molar-refractivity contribution is 7.86. The summed E-state index contributed by atoms with van der Waals surface area (Å²) in [7, 11) is -3.60. The summed E-state index contributed by atoms with van der Waals surface area (Å²) in [5.41, 5.74) is 3.02. The number of rotatable bonds is 5. The quantitative estimate of drug-likeness (QED) is 0.841. The van der Waals surface area contributed by atoms with E-state index in [-0.39, 0.29) is 0 Å². The Morgan fingerprint density at radius 3 is 2.36 bits per heavy atom. The van der Waals surface area contributed by atoms with Crippen LogP contribution in [0.3, 0.4) is 0 Å². The normalized spacial score (nSPS) is 17.1. The second kappa shape index (κ2) is 7.43. The Morgan fingerprint density at radius 2 is 1.76 bits per heavy atom. The third-order valence-corrected chi connectivity index (χ3v) is 5.94. The molecule has 0 saturated carbocycles. The largest absolute Gasteiger partial charge is 0.296 e. The Morgan fingerprint density at radius 1 is 1.12 bits per heavy atom. The van der Waals surface area contributed by atoms with Crippen molar-refractivity contribution >= 4 is 21.8 Å². The van der Waals surface area contributed by atoms with Crippen LogP contribution >= 0.6 is 11.6 Å². The average molecular weight is 384 g/mol. The number of aromatic nitrogens is 2. The van der Waals surface area contributed by atoms with Crippen molar-refractivity contribution in [2.45, 2.75) is 20.0 Å². The van der Waals surface area contributed by atoms with Gasteiger partial charge in [0.15, 0.2) is 0 Å². The third-order valence-electron chi connectivity index (χ3n) is 4.43. The molecule has 1 aliphatic rings. The van der Waals surface area contributed by atoms with Gasteiger partial charge in [0, 0.05) is 38.3 Å². The van der Waals surface area contributed by atoms with Gasteiger partial charge >= 0.3 is 0 Å². The number of nitrogens with two attached hydrogens (primary N) is 1. The van der Waals surface area contributed by atoms with Crippen LogP contribution in [0.4, 0.5) is 0 Å². The minimum absolute atomic E-state index is 0.396. The van der Waals surface area contributed by atoms with Gasteiger partial charge in [-0.25, -0.2) is 9.82 Å². The number of hydrogen-bond acceptors (Lipinski definition) is 4. The molecule has 0 radical (unpaired) electrons. The van der Waals surface area contributed by atoms with Crippen LogP contribution in [0.2, 0.25) is 5.15 Å². The zero-order chi connectivity index (χ0) is 18.0. The molecule has 0 unspecified atom stereocenters. The van der Waals surface area contributed by atoms with Crippen molar-refractivity contribution < 1.29 is 8.42 Å². The molecule has 7 nitrogen and oxygen atoms in total. The van der Waals surface area contributed by atoms with Crippen LogP contribution in [-0.2, 0) is 23.3 Å². The van der Waals surface area contributed by atoms with Gasteiger partial charge in [0.05, 0.1) is 12.2 Å². The molecule has 136 valence electrons. The second-order valence-electron chi connectivity index (χ2n) is 6.22. The Balaban J connectivity index is 1.68. The molecule has 2 aromatic rings. The van der Waals surface area contributed by atoms with E-state index in [1.807, 2.05) is 41.9 Å². The predicted molar refractivity (Wildman–Crippen MR) is 97.5 cm³/mol. The monoisotopic (exact) mass is 383 g/mol. The summed E-state index contributed by atoms with van der Waals surface area (Å²) in [6, 6.07) is 10.0. The number of aryl methyl sites for hydroxylation is 1. The highest BCUT2D eigenvalue weighted by Crippen LogP contribution is 2.23. The fourth-order valence-electron chi connectivity index (χ4n) is 3.00. The molecule has 0 amide bonds. The first-order valence-corrected chi connectivity index (χ1v) is 9.98. The van der Waals surface area contributed by atoms with Crippen LogP contribution < -0.4 is 5.14 Å². The average Bonchev–Trinajstić information content (AvgIpc) is 2.83. The molecule has 3 rings (SSSR count). The number of benzene rings is 1. The summed E-state index contributed by atoms with van der Waals surface area (Å²) in [6.07, 6.45) is 0. The smallest absolute Gasteiger partial charge is 0.276 e. The van der Waals surface area contributed by atoms with Crippen molar-refractivity contribution in [2.75, 3.05) is 26.2 Å². The molecule has 1 aliphatic heterocycles. The number of hydrogen-bond donors (Lipinski definition) is 1. The number of halogens is 1. The van der Waals surface area contributed by atoms with Crippen LogP contribution in [-0.4, -0.2) is 53.6 Å². The van der Waals surface area contributed by atoms with Gasteiger partial charge in [-0.1, -0.05) is 41.9 Å². The van der Waals surface area contributed by atoms with Crippen molar-refractivity contribution in [3.05, 3.63) is 52.3 Å². The highest BCUT2D eigenvalue weighted by atomic mass is 35.5. The lowest BCUT2D eigenvalue weighted by atomic mass is 10.2. The molecule has 2 heterocycles. The summed E-state index contributed by atoms with van der Waals surface area (Å²) in [4.78, 5) is 2.17. The maximum absolute atomic E-state index is 11.4. The Hall–Kier alpha value is -1.45. The first-order valence-electron chi connectivity index (χ1n) is 8.10. The zero-order valence-electron chi connectivity index (χ0n) is 14.1. The lowest BCUT2D eigenvalue weighted by Crippen LogP contribution is -2.50. The topological polar surface area (TPSA) is 84.5 Å². The lowest BCUT2D eigenvalue weighted by Gasteiger charge is -2.32. The zero-order valence-corrected chi connectivity index (χ0v) is 15.7. The van der Waals surface area contributed by atoms with E-state index in [0.29, 0.717) is 44.4 Å². The lowest BCUT2D eigenvalue weighted by molar-refractivity contribution is 0.181. The van der Waals surface area contributed by atoms with E-state index in [1.165, 1.54) is 4.31 Å². The van der Waals surface area contributed by atoms with Gasteiger partial charge in [0.2, 0.25) is 0 Å². The molecule has 0 spiro atoms. The van der Waals surface area contributed by atoms with E-state index < -0.39 is 10.2 Å². The van der Waals surface area contributed by atoms with Gasteiger partial charge < -0.3 is 0 Å². The predicted octanol–water partition coefficient (Wildman–Crippen LogP) is 1.21. The molecule has 9 heteroatoms. The molecular weight excluding hydrogens is 362 g/mol. The Bertz CT molecular complexity index is 830. The number of piperazine rings is 1. The molecule has 1 fully saturated rings. The molecule has 2 N–H and O–H groups in total. The van der Waals surface area contributed by atoms with Crippen LogP contribution in [0, 0.1) is 6.92 Å². The summed E-state index contributed by atoms with van der Waals surface area (Å²) in [5, 5.41) is 10.4. The Kier molecular flexibility index (Phi) is 5.45. The summed E-state index contributed by atoms with van der Waals surface area (Å²) < 4.78 is 25.9. The summed E-state index contributed by atoms with van der Waals surface area (Å²) in [6.45, 7) is 5.26. The molecule has 1 aromatic heterocycles. The Labute approximate surface area is 153 Å². The molecule has 1 saturated heterocycles. The van der Waals surface area contributed by atoms with Crippen molar-refractivity contribution in [2.24, 2.45) is 5.14 Å². The SMILES string of the molecule is Cc1nn(Cc2ccccc2)c(Cl)c1CN1CCN(S(N)(=O)=O)CC1. The van der Waals surface area contributed by atoms with Gasteiger partial charge in [0.1, 0.15) is 5.15 Å². The molecule has 0 bridgehead atoms. The van der Waals surface area contributed by atoms with Crippen LogP contribution in [0.1, 0.15) is 16.8 Å². The van der Waals surface area contributed by atoms with Crippen LogP contribution in [0.25, 0.3) is 0 Å². The van der Waals surface area contributed by atoms with E-state index in [4.69, 9.17) is 16.7 Å². The van der Waals surface area contributed by atoms with Crippen LogP contribution in [0.5, 0.6) is 0 Å². The summed E-state index contributed by atoms with van der Waals surface area (Å²) >= 11 is 6.55. The minimum atomic E-state index is -3.60. The van der Waals surface area contributed by atoms with E-state index in [9.17, 15) is 8.42 Å². The third kappa shape index (κ3) is 4.39. The maximum atomic E-state index is 11.4. The maximum Gasteiger partial charge on any atom is 0.276 e. The molecule has 25 heavy (non-hydrogen) atoms. The van der Waals surface area contributed by atoms with Crippen molar-refractivity contribution in [3.8, 4) is 0 Å². The fraction of sp³-hybridized carbons (Fsp3) is 0.438. The van der Waals surface area contributed by atoms with Crippen molar-refractivity contribution in [1.82, 2.24) is 19.0 Å². The van der Waals surface area contributed by atoms with E-state index in [2.05, 4.69) is 10.00 Å². The second-order valence-corrected chi connectivity index (χ2v) is 8.12.